The van der Waals surface area contributed by atoms with Crippen LogP contribution in [0.1, 0.15) is 10.4 Å². The standard InChI is InChI=1S/C21H17Cl2O3S/c1-26-18-8-2-15(3-9-18)21(24)14-27(25,19-10-4-16(22)5-11-19)20-12-6-17(23)7-13-20/h2-13H,14H2,1H3/q+1. The van der Waals surface area contributed by atoms with Gasteiger partial charge in [0.15, 0.2) is 25.5 Å². The quantitative estimate of drug-likeness (QED) is 0.374. The lowest BCUT2D eigenvalue weighted by Gasteiger charge is -2.12. The third-order valence-electron chi connectivity index (χ3n) is 4.14. The van der Waals surface area contributed by atoms with Crippen molar-refractivity contribution in [2.24, 2.45) is 0 Å². The Morgan fingerprint density at radius 1 is 0.815 bits per heavy atom. The number of hydrogen-bond donors (Lipinski definition) is 0. The van der Waals surface area contributed by atoms with Gasteiger partial charge in [-0.1, -0.05) is 27.4 Å². The van der Waals surface area contributed by atoms with Crippen LogP contribution in [0.25, 0.3) is 0 Å². The average molecular weight is 420 g/mol. The molecule has 3 nitrogen and oxygen atoms in total. The number of halogens is 2. The summed E-state index contributed by atoms with van der Waals surface area (Å²) >= 11 is 11.9. The number of Topliss-reactive ketones (excluding diaryl/α,β-unsaturated/α-hetero) is 1. The minimum absolute atomic E-state index is 0.150. The van der Waals surface area contributed by atoms with E-state index in [0.717, 1.165) is 0 Å². The van der Waals surface area contributed by atoms with Crippen LogP contribution in [-0.2, 0) is 14.1 Å². The first-order valence-electron chi connectivity index (χ1n) is 8.13. The molecule has 0 heterocycles. The second kappa shape index (κ2) is 8.26. The lowest BCUT2D eigenvalue weighted by atomic mass is 10.1. The van der Waals surface area contributed by atoms with E-state index >= 15 is 0 Å². The molecule has 0 aliphatic heterocycles. The van der Waals surface area contributed by atoms with Crippen molar-refractivity contribution in [2.75, 3.05) is 12.9 Å². The summed E-state index contributed by atoms with van der Waals surface area (Å²) in [4.78, 5) is 14.0. The molecule has 27 heavy (non-hydrogen) atoms. The largest absolute Gasteiger partial charge is 0.497 e. The molecule has 0 saturated heterocycles. The van der Waals surface area contributed by atoms with Crippen molar-refractivity contribution in [3.63, 3.8) is 0 Å². The van der Waals surface area contributed by atoms with Crippen LogP contribution in [0.4, 0.5) is 0 Å². The molecule has 0 unspecified atom stereocenters. The number of hydrogen-bond acceptors (Lipinski definition) is 3. The van der Waals surface area contributed by atoms with E-state index < -0.39 is 9.93 Å². The molecule has 138 valence electrons. The Morgan fingerprint density at radius 2 is 1.26 bits per heavy atom. The highest BCUT2D eigenvalue weighted by molar-refractivity contribution is 8.03. The maximum Gasteiger partial charge on any atom is 0.212 e. The summed E-state index contributed by atoms with van der Waals surface area (Å²) in [6.07, 6.45) is 0. The van der Waals surface area contributed by atoms with E-state index in [2.05, 4.69) is 0 Å². The summed E-state index contributed by atoms with van der Waals surface area (Å²) in [7, 11) is -1.28. The summed E-state index contributed by atoms with van der Waals surface area (Å²) in [6, 6.07) is 20.2. The highest BCUT2D eigenvalue weighted by atomic mass is 35.5. The Morgan fingerprint density at radius 3 is 1.67 bits per heavy atom. The molecule has 0 saturated carbocycles. The third kappa shape index (κ3) is 4.41. The number of rotatable bonds is 6. The lowest BCUT2D eigenvalue weighted by Crippen LogP contribution is -2.23. The molecule has 0 radical (unpaired) electrons. The second-order valence-electron chi connectivity index (χ2n) is 5.88. The van der Waals surface area contributed by atoms with Crippen LogP contribution in [0.15, 0.2) is 82.6 Å². The Balaban J connectivity index is 2.01. The van der Waals surface area contributed by atoms with E-state index in [0.29, 0.717) is 31.1 Å². The van der Waals surface area contributed by atoms with Crippen molar-refractivity contribution in [1.29, 1.82) is 0 Å². The van der Waals surface area contributed by atoms with Gasteiger partial charge in [-0.2, -0.15) is 0 Å². The molecule has 0 aliphatic rings. The lowest BCUT2D eigenvalue weighted by molar-refractivity contribution is 0.102. The molecule has 0 fully saturated rings. The zero-order valence-corrected chi connectivity index (χ0v) is 16.9. The summed E-state index contributed by atoms with van der Waals surface area (Å²) in [5, 5.41) is 1.08. The van der Waals surface area contributed by atoms with Crippen LogP contribution in [0.3, 0.4) is 0 Å². The van der Waals surface area contributed by atoms with Crippen molar-refractivity contribution in [1.82, 2.24) is 0 Å². The van der Waals surface area contributed by atoms with Crippen LogP contribution in [-0.4, -0.2) is 18.6 Å². The fraction of sp³-hybridized carbons (Fsp3) is 0.0952. The minimum Gasteiger partial charge on any atom is -0.497 e. The topological polar surface area (TPSA) is 43.4 Å². The van der Waals surface area contributed by atoms with Crippen molar-refractivity contribution >= 4 is 38.9 Å². The average Bonchev–Trinajstić information content (AvgIpc) is 2.69. The van der Waals surface area contributed by atoms with Gasteiger partial charge in [-0.25, -0.2) is 0 Å². The molecule has 0 atom stereocenters. The second-order valence-corrected chi connectivity index (χ2v) is 9.33. The van der Waals surface area contributed by atoms with Gasteiger partial charge < -0.3 is 4.74 Å². The molecule has 3 aromatic carbocycles. The molecule has 0 N–H and O–H groups in total. The summed E-state index contributed by atoms with van der Waals surface area (Å²) in [5.74, 6) is 0.290. The van der Waals surface area contributed by atoms with Gasteiger partial charge in [-0.3, -0.25) is 4.79 Å². The van der Waals surface area contributed by atoms with E-state index in [9.17, 15) is 9.00 Å². The number of methoxy groups -OCH3 is 1. The van der Waals surface area contributed by atoms with Gasteiger partial charge in [0.2, 0.25) is 5.78 Å². The monoisotopic (exact) mass is 419 g/mol. The van der Waals surface area contributed by atoms with Crippen molar-refractivity contribution in [2.45, 2.75) is 9.79 Å². The predicted molar refractivity (Wildman–Crippen MR) is 110 cm³/mol. The molecule has 0 bridgehead atoms. The molecule has 3 aromatic rings. The first kappa shape index (κ1) is 19.6. The molecular weight excluding hydrogens is 403 g/mol. The molecule has 0 spiro atoms. The van der Waals surface area contributed by atoms with E-state index in [1.54, 1.807) is 79.9 Å². The van der Waals surface area contributed by atoms with Crippen LogP contribution in [0.5, 0.6) is 5.75 Å². The van der Waals surface area contributed by atoms with Crippen LogP contribution >= 0.6 is 23.2 Å². The van der Waals surface area contributed by atoms with Crippen LogP contribution in [0, 0.1) is 0 Å². The first-order chi connectivity index (χ1) is 12.9. The smallest absolute Gasteiger partial charge is 0.212 e. The van der Waals surface area contributed by atoms with Gasteiger partial charge >= 0.3 is 0 Å². The van der Waals surface area contributed by atoms with Crippen molar-refractivity contribution in [3.8, 4) is 5.75 Å². The summed E-state index contributed by atoms with van der Waals surface area (Å²) < 4.78 is 19.1. The zero-order chi connectivity index (χ0) is 19.4. The van der Waals surface area contributed by atoms with Gasteiger partial charge in [0, 0.05) is 15.6 Å². The fourth-order valence-electron chi connectivity index (χ4n) is 2.66. The minimum atomic E-state index is -2.84. The van der Waals surface area contributed by atoms with E-state index in [-0.39, 0.29) is 11.5 Å². The molecule has 0 amide bonds. The highest BCUT2D eigenvalue weighted by Crippen LogP contribution is 2.32. The highest BCUT2D eigenvalue weighted by Gasteiger charge is 2.37. The first-order valence-corrected chi connectivity index (χ1v) is 10.6. The SMILES string of the molecule is COc1ccc(C(=O)C[S+](=O)(c2ccc(Cl)cc2)c2ccc(Cl)cc2)cc1. The molecule has 6 heteroatoms. The van der Waals surface area contributed by atoms with Gasteiger partial charge in [-0.15, -0.1) is 0 Å². The van der Waals surface area contributed by atoms with Crippen molar-refractivity contribution in [3.05, 3.63) is 88.4 Å². The molecule has 3 rings (SSSR count). The zero-order valence-electron chi connectivity index (χ0n) is 14.5. The molecular formula is C21H17Cl2O3S+. The third-order valence-corrected chi connectivity index (χ3v) is 7.38. The van der Waals surface area contributed by atoms with Gasteiger partial charge in [0.25, 0.3) is 0 Å². The molecule has 0 aliphatic carbocycles. The Kier molecular flexibility index (Phi) is 6.00. The van der Waals surface area contributed by atoms with Gasteiger partial charge in [0.05, 0.1) is 7.11 Å². The Bertz CT molecular complexity index is 932. The Hall–Kier alpha value is -2.14. The number of ketones is 1. The summed E-state index contributed by atoms with van der Waals surface area (Å²) in [5.41, 5.74) is 0.478. The number of ether oxygens (including phenoxy) is 1. The Labute approximate surface area is 169 Å². The maximum atomic E-state index is 14.0. The van der Waals surface area contributed by atoms with Crippen LogP contribution in [0.2, 0.25) is 10.0 Å². The molecule has 0 aromatic heterocycles. The van der Waals surface area contributed by atoms with Crippen molar-refractivity contribution < 1.29 is 13.7 Å². The fourth-order valence-corrected chi connectivity index (χ4v) is 5.20. The normalized spacial score (nSPS) is 11.2. The van der Waals surface area contributed by atoms with E-state index in [1.807, 2.05) is 0 Å². The van der Waals surface area contributed by atoms with E-state index in [4.69, 9.17) is 27.9 Å². The number of carbonyl (C=O) groups is 1. The number of carbonyl (C=O) groups excluding carboxylic acids is 1. The van der Waals surface area contributed by atoms with Gasteiger partial charge in [-0.05, 0) is 72.8 Å². The van der Waals surface area contributed by atoms with Crippen LogP contribution < -0.4 is 4.74 Å². The summed E-state index contributed by atoms with van der Waals surface area (Å²) in [6.45, 7) is 0. The maximum absolute atomic E-state index is 14.0. The predicted octanol–water partition coefficient (Wildman–Crippen LogP) is 5.80. The number of benzene rings is 3. The van der Waals surface area contributed by atoms with E-state index in [1.165, 1.54) is 0 Å². The van der Waals surface area contributed by atoms with Gasteiger partial charge in [0.1, 0.15) is 5.75 Å².